The van der Waals surface area contributed by atoms with E-state index in [9.17, 15) is 9.59 Å². The molecule has 0 N–H and O–H groups in total. The summed E-state index contributed by atoms with van der Waals surface area (Å²) in [5, 5.41) is 0. The number of esters is 1. The maximum atomic E-state index is 11.7. The van der Waals surface area contributed by atoms with Crippen molar-refractivity contribution in [1.29, 1.82) is 0 Å². The van der Waals surface area contributed by atoms with Crippen molar-refractivity contribution in [2.75, 3.05) is 0 Å². The van der Waals surface area contributed by atoms with Crippen molar-refractivity contribution in [3.05, 3.63) is 0 Å². The lowest BCUT2D eigenvalue weighted by Crippen LogP contribution is -2.34. The summed E-state index contributed by atoms with van der Waals surface area (Å²) in [6.07, 6.45) is -0.630. The minimum absolute atomic E-state index is 0.0434. The summed E-state index contributed by atoms with van der Waals surface area (Å²) < 4.78 is 10.4. The molecule has 0 aromatic carbocycles. The van der Waals surface area contributed by atoms with E-state index in [1.165, 1.54) is 0 Å². The van der Waals surface area contributed by atoms with Crippen molar-refractivity contribution in [2.45, 2.75) is 66.3 Å². The van der Waals surface area contributed by atoms with E-state index in [-0.39, 0.29) is 17.8 Å². The Morgan fingerprint density at radius 1 is 1.00 bits per heavy atom. The summed E-state index contributed by atoms with van der Waals surface area (Å²) in [5.74, 6) is -0.612. The molecule has 0 fully saturated rings. The molecule has 0 rings (SSSR count). The van der Waals surface area contributed by atoms with E-state index in [0.717, 1.165) is 6.42 Å². The van der Waals surface area contributed by atoms with Gasteiger partial charge in [0.15, 0.2) is 18.0 Å². The van der Waals surface area contributed by atoms with Gasteiger partial charge >= 0.3 is 5.97 Å². The molecule has 4 nitrogen and oxygen atoms in total. The predicted molar refractivity (Wildman–Crippen MR) is 65.7 cm³/mol. The molecule has 0 saturated carbocycles. The zero-order chi connectivity index (χ0) is 13.6. The number of carbonyl (C=O) groups is 2. The summed E-state index contributed by atoms with van der Waals surface area (Å²) in [7, 11) is 0. The molecule has 0 bridgehead atoms. The Balaban J connectivity index is 4.24. The SMILES string of the molecule is CCC(C)C(=O)C(C)OC(=O)C(C)OC(C)C. The van der Waals surface area contributed by atoms with Gasteiger partial charge in [-0.05, 0) is 34.1 Å². The first-order valence-electron chi connectivity index (χ1n) is 6.19. The number of rotatable bonds is 7. The highest BCUT2D eigenvalue weighted by Crippen LogP contribution is 2.10. The quantitative estimate of drug-likeness (QED) is 0.645. The fourth-order valence-electron chi connectivity index (χ4n) is 1.39. The molecule has 0 aliphatic heterocycles. The fourth-order valence-corrected chi connectivity index (χ4v) is 1.39. The smallest absolute Gasteiger partial charge is 0.335 e. The van der Waals surface area contributed by atoms with Crippen molar-refractivity contribution >= 4 is 11.8 Å². The first-order valence-corrected chi connectivity index (χ1v) is 6.19. The van der Waals surface area contributed by atoms with Crippen molar-refractivity contribution in [2.24, 2.45) is 5.92 Å². The summed E-state index contributed by atoms with van der Waals surface area (Å²) >= 11 is 0. The number of carbonyl (C=O) groups excluding carboxylic acids is 2. The molecule has 17 heavy (non-hydrogen) atoms. The van der Waals surface area contributed by atoms with Crippen LogP contribution in [-0.4, -0.2) is 30.1 Å². The van der Waals surface area contributed by atoms with Gasteiger partial charge in [0.1, 0.15) is 0 Å². The zero-order valence-corrected chi connectivity index (χ0v) is 11.6. The van der Waals surface area contributed by atoms with E-state index in [1.807, 2.05) is 27.7 Å². The van der Waals surface area contributed by atoms with Gasteiger partial charge in [-0.3, -0.25) is 4.79 Å². The second kappa shape index (κ2) is 7.43. The van der Waals surface area contributed by atoms with E-state index in [4.69, 9.17) is 9.47 Å². The van der Waals surface area contributed by atoms with Crippen LogP contribution < -0.4 is 0 Å². The molecule has 4 heteroatoms. The summed E-state index contributed by atoms with van der Waals surface area (Å²) in [4.78, 5) is 23.3. The topological polar surface area (TPSA) is 52.6 Å². The van der Waals surface area contributed by atoms with E-state index in [2.05, 4.69) is 0 Å². The first-order chi connectivity index (χ1) is 7.79. The van der Waals surface area contributed by atoms with Crippen LogP contribution in [0, 0.1) is 5.92 Å². The Labute approximate surface area is 104 Å². The average Bonchev–Trinajstić information content (AvgIpc) is 2.25. The van der Waals surface area contributed by atoms with Crippen LogP contribution in [0.4, 0.5) is 0 Å². The predicted octanol–water partition coefficient (Wildman–Crippen LogP) is 2.35. The van der Waals surface area contributed by atoms with E-state index in [1.54, 1.807) is 13.8 Å². The normalized spacial score (nSPS) is 16.4. The molecule has 3 atom stereocenters. The number of hydrogen-bond acceptors (Lipinski definition) is 4. The van der Waals surface area contributed by atoms with Crippen molar-refractivity contribution in [3.63, 3.8) is 0 Å². The van der Waals surface area contributed by atoms with E-state index >= 15 is 0 Å². The number of Topliss-reactive ketones (excluding diaryl/α,β-unsaturated/α-hetero) is 1. The number of ketones is 1. The Morgan fingerprint density at radius 3 is 1.94 bits per heavy atom. The van der Waals surface area contributed by atoms with Crippen LogP contribution in [-0.2, 0) is 19.1 Å². The zero-order valence-electron chi connectivity index (χ0n) is 11.6. The van der Waals surface area contributed by atoms with Crippen LogP contribution in [0.25, 0.3) is 0 Å². The summed E-state index contributed by atoms with van der Waals surface area (Å²) in [6.45, 7) is 10.7. The van der Waals surface area contributed by atoms with Crippen molar-refractivity contribution < 1.29 is 19.1 Å². The van der Waals surface area contributed by atoms with Crippen LogP contribution in [0.15, 0.2) is 0 Å². The third-order valence-electron chi connectivity index (χ3n) is 2.60. The molecule has 0 aliphatic rings. The van der Waals surface area contributed by atoms with Crippen LogP contribution in [0.2, 0.25) is 0 Å². The maximum Gasteiger partial charge on any atom is 0.335 e. The van der Waals surface area contributed by atoms with Crippen LogP contribution in [0.1, 0.15) is 48.0 Å². The lowest BCUT2D eigenvalue weighted by molar-refractivity contribution is -0.167. The van der Waals surface area contributed by atoms with Gasteiger partial charge in [0.2, 0.25) is 0 Å². The third kappa shape index (κ3) is 5.82. The standard InChI is InChI=1S/C13H24O4/c1-7-9(4)12(14)10(5)17-13(15)11(6)16-8(2)3/h8-11H,7H2,1-6H3. The second-order valence-electron chi connectivity index (χ2n) is 4.62. The minimum atomic E-state index is -0.698. The van der Waals surface area contributed by atoms with Crippen LogP contribution in [0.3, 0.4) is 0 Å². The van der Waals surface area contributed by atoms with Gasteiger partial charge in [0.05, 0.1) is 6.10 Å². The highest BCUT2D eigenvalue weighted by Gasteiger charge is 2.25. The molecule has 100 valence electrons. The number of ether oxygens (including phenoxy) is 2. The number of hydrogen-bond donors (Lipinski definition) is 0. The van der Waals surface area contributed by atoms with Crippen LogP contribution >= 0.6 is 0 Å². The molecule has 3 unspecified atom stereocenters. The highest BCUT2D eigenvalue weighted by atomic mass is 16.6. The molecular formula is C13H24O4. The van der Waals surface area contributed by atoms with Crippen molar-refractivity contribution in [3.8, 4) is 0 Å². The van der Waals surface area contributed by atoms with Gasteiger partial charge in [0, 0.05) is 5.92 Å². The summed E-state index contributed by atoms with van der Waals surface area (Å²) in [5.41, 5.74) is 0. The van der Waals surface area contributed by atoms with Gasteiger partial charge in [-0.1, -0.05) is 13.8 Å². The van der Waals surface area contributed by atoms with Gasteiger partial charge in [-0.15, -0.1) is 0 Å². The van der Waals surface area contributed by atoms with Gasteiger partial charge in [0.25, 0.3) is 0 Å². The largest absolute Gasteiger partial charge is 0.453 e. The molecule has 0 radical (unpaired) electrons. The molecule has 0 amide bonds. The van der Waals surface area contributed by atoms with Gasteiger partial charge in [-0.2, -0.15) is 0 Å². The van der Waals surface area contributed by atoms with Crippen molar-refractivity contribution in [1.82, 2.24) is 0 Å². The average molecular weight is 244 g/mol. The second-order valence-corrected chi connectivity index (χ2v) is 4.62. The first kappa shape index (κ1) is 16.1. The molecule has 0 aromatic heterocycles. The lowest BCUT2D eigenvalue weighted by Gasteiger charge is -2.19. The highest BCUT2D eigenvalue weighted by molar-refractivity contribution is 5.87. The van der Waals surface area contributed by atoms with Gasteiger partial charge < -0.3 is 9.47 Å². The monoisotopic (exact) mass is 244 g/mol. The molecule has 0 heterocycles. The fraction of sp³-hybridized carbons (Fsp3) is 0.846. The Kier molecular flexibility index (Phi) is 7.04. The van der Waals surface area contributed by atoms with Crippen LogP contribution in [0.5, 0.6) is 0 Å². The molecule has 0 saturated heterocycles. The third-order valence-corrected chi connectivity index (χ3v) is 2.60. The molecule has 0 spiro atoms. The Bertz CT molecular complexity index is 260. The lowest BCUT2D eigenvalue weighted by atomic mass is 10.0. The minimum Gasteiger partial charge on any atom is -0.453 e. The molecule has 0 aromatic rings. The maximum absolute atomic E-state index is 11.7. The Hall–Kier alpha value is -0.900. The summed E-state index contributed by atoms with van der Waals surface area (Å²) in [6, 6.07) is 0. The van der Waals surface area contributed by atoms with E-state index in [0.29, 0.717) is 0 Å². The molecule has 0 aliphatic carbocycles. The molecular weight excluding hydrogens is 220 g/mol. The van der Waals surface area contributed by atoms with Gasteiger partial charge in [-0.25, -0.2) is 4.79 Å². The van der Waals surface area contributed by atoms with E-state index < -0.39 is 18.2 Å². The Morgan fingerprint density at radius 2 is 1.53 bits per heavy atom.